The average molecular weight is 377 g/mol. The Balaban J connectivity index is 1.85. The first kappa shape index (κ1) is 16.7. The van der Waals surface area contributed by atoms with Gasteiger partial charge in [-0.3, -0.25) is 4.98 Å². The number of benzene rings is 1. The highest BCUT2D eigenvalue weighted by Gasteiger charge is 2.38. The summed E-state index contributed by atoms with van der Waals surface area (Å²) in [5.74, 6) is 0.0886. The van der Waals surface area contributed by atoms with Crippen LogP contribution in [0.1, 0.15) is 16.8 Å². The van der Waals surface area contributed by atoms with Gasteiger partial charge in [0.15, 0.2) is 5.69 Å². The van der Waals surface area contributed by atoms with E-state index in [2.05, 4.69) is 10.1 Å². The highest BCUT2D eigenvalue weighted by molar-refractivity contribution is 6.34. The predicted molar refractivity (Wildman–Crippen MR) is 94.2 cm³/mol. The van der Waals surface area contributed by atoms with E-state index in [1.807, 2.05) is 24.3 Å². The van der Waals surface area contributed by atoms with Gasteiger partial charge in [-0.15, -0.1) is 0 Å². The second-order valence-corrected chi connectivity index (χ2v) is 6.32. The second kappa shape index (κ2) is 5.88. The topological polar surface area (TPSA) is 56.2 Å². The summed E-state index contributed by atoms with van der Waals surface area (Å²) in [6.45, 7) is 0. The summed E-state index contributed by atoms with van der Waals surface area (Å²) in [5, 5.41) is 5.11. The molecule has 0 aliphatic heterocycles. The fourth-order valence-electron chi connectivity index (χ4n) is 2.98. The normalized spacial score (nSPS) is 12.2. The summed E-state index contributed by atoms with van der Waals surface area (Å²) in [4.78, 5) is 4.07. The minimum absolute atomic E-state index is 0.0886. The number of fused-ring (bicyclic) bond motifs is 2. The van der Waals surface area contributed by atoms with Crippen molar-refractivity contribution in [1.82, 2.24) is 14.6 Å². The van der Waals surface area contributed by atoms with Crippen molar-refractivity contribution in [3.63, 3.8) is 0 Å². The van der Waals surface area contributed by atoms with Crippen LogP contribution in [0.25, 0.3) is 16.3 Å². The molecule has 3 aromatic heterocycles. The molecule has 8 heteroatoms. The van der Waals surface area contributed by atoms with Crippen molar-refractivity contribution < 1.29 is 13.2 Å². The van der Waals surface area contributed by atoms with Gasteiger partial charge in [0.25, 0.3) is 0 Å². The Bertz CT molecular complexity index is 1130. The lowest BCUT2D eigenvalue weighted by molar-refractivity contribution is -0.141. The Morgan fingerprint density at radius 2 is 1.88 bits per heavy atom. The highest BCUT2D eigenvalue weighted by atomic mass is 35.5. The van der Waals surface area contributed by atoms with Gasteiger partial charge in [0.2, 0.25) is 0 Å². The minimum Gasteiger partial charge on any atom is -0.384 e. The summed E-state index contributed by atoms with van der Waals surface area (Å²) in [5.41, 5.74) is 6.37. The van der Waals surface area contributed by atoms with Crippen LogP contribution >= 0.6 is 11.6 Å². The SMILES string of the molecule is Nc1ccc(Cc2ccc3cnccc3c2)c2c(Cl)c(C(F)(F)F)nn12. The Labute approximate surface area is 151 Å². The van der Waals surface area contributed by atoms with E-state index in [0.29, 0.717) is 12.0 Å². The van der Waals surface area contributed by atoms with Crippen molar-refractivity contribution in [2.45, 2.75) is 12.6 Å². The van der Waals surface area contributed by atoms with Crippen molar-refractivity contribution in [3.05, 3.63) is 70.6 Å². The van der Waals surface area contributed by atoms with E-state index < -0.39 is 16.9 Å². The highest BCUT2D eigenvalue weighted by Crippen LogP contribution is 2.38. The number of anilines is 1. The number of hydrogen-bond donors (Lipinski definition) is 1. The van der Waals surface area contributed by atoms with Crippen LogP contribution in [-0.4, -0.2) is 14.6 Å². The Kier molecular flexibility index (Phi) is 3.77. The number of nitrogen functional groups attached to an aromatic ring is 1. The molecule has 0 bridgehead atoms. The summed E-state index contributed by atoms with van der Waals surface area (Å²) in [6.07, 6.45) is -0.811. The Hall–Kier alpha value is -2.80. The van der Waals surface area contributed by atoms with Crippen LogP contribution in [0.4, 0.5) is 19.0 Å². The fourth-order valence-corrected chi connectivity index (χ4v) is 3.33. The predicted octanol–water partition coefficient (Wildman–Crippen LogP) is 4.73. The molecule has 0 spiro atoms. The number of pyridine rings is 2. The van der Waals surface area contributed by atoms with Gasteiger partial charge in [0.1, 0.15) is 5.82 Å². The first-order chi connectivity index (χ1) is 12.3. The first-order valence-corrected chi connectivity index (χ1v) is 8.08. The van der Waals surface area contributed by atoms with Gasteiger partial charge < -0.3 is 5.73 Å². The lowest BCUT2D eigenvalue weighted by atomic mass is 10.0. The quantitative estimate of drug-likeness (QED) is 0.550. The molecule has 0 saturated carbocycles. The zero-order chi connectivity index (χ0) is 18.5. The molecule has 0 radical (unpaired) electrons. The number of hydrogen-bond acceptors (Lipinski definition) is 3. The van der Waals surface area contributed by atoms with Gasteiger partial charge in [0.05, 0.1) is 10.5 Å². The van der Waals surface area contributed by atoms with E-state index in [0.717, 1.165) is 20.9 Å². The maximum Gasteiger partial charge on any atom is 0.436 e. The summed E-state index contributed by atoms with van der Waals surface area (Å²) in [7, 11) is 0. The molecule has 0 atom stereocenters. The van der Waals surface area contributed by atoms with Crippen molar-refractivity contribution in [1.29, 1.82) is 0 Å². The van der Waals surface area contributed by atoms with Crippen LogP contribution in [0.5, 0.6) is 0 Å². The van der Waals surface area contributed by atoms with Crippen LogP contribution < -0.4 is 5.73 Å². The molecule has 132 valence electrons. The minimum atomic E-state index is -4.65. The Morgan fingerprint density at radius 1 is 1.08 bits per heavy atom. The van der Waals surface area contributed by atoms with Crippen molar-refractivity contribution in [3.8, 4) is 0 Å². The Morgan fingerprint density at radius 3 is 2.65 bits per heavy atom. The molecule has 0 aliphatic rings. The molecule has 0 amide bonds. The molecule has 4 aromatic rings. The maximum absolute atomic E-state index is 13.1. The molecule has 0 aliphatic carbocycles. The number of aromatic nitrogens is 3. The van der Waals surface area contributed by atoms with Crippen LogP contribution in [-0.2, 0) is 12.6 Å². The third-order valence-electron chi connectivity index (χ3n) is 4.20. The van der Waals surface area contributed by atoms with Crippen LogP contribution in [0.15, 0.2) is 48.8 Å². The van der Waals surface area contributed by atoms with Gasteiger partial charge >= 0.3 is 6.18 Å². The number of rotatable bonds is 2. The summed E-state index contributed by atoms with van der Waals surface area (Å²) < 4.78 is 40.5. The monoisotopic (exact) mass is 376 g/mol. The largest absolute Gasteiger partial charge is 0.436 e. The summed E-state index contributed by atoms with van der Waals surface area (Å²) in [6, 6.07) is 10.9. The summed E-state index contributed by atoms with van der Waals surface area (Å²) >= 11 is 6.01. The lowest BCUT2D eigenvalue weighted by Gasteiger charge is -2.08. The molecule has 4 nitrogen and oxygen atoms in total. The van der Waals surface area contributed by atoms with E-state index in [9.17, 15) is 13.2 Å². The van der Waals surface area contributed by atoms with E-state index >= 15 is 0 Å². The number of nitrogens with zero attached hydrogens (tertiary/aromatic N) is 3. The van der Waals surface area contributed by atoms with Gasteiger partial charge in [-0.2, -0.15) is 18.3 Å². The molecular formula is C18H12ClF3N4. The molecule has 0 fully saturated rings. The van der Waals surface area contributed by atoms with E-state index in [1.165, 1.54) is 6.07 Å². The smallest absolute Gasteiger partial charge is 0.384 e. The van der Waals surface area contributed by atoms with Crippen molar-refractivity contribution >= 4 is 33.7 Å². The molecule has 0 saturated heterocycles. The molecule has 0 unspecified atom stereocenters. The van der Waals surface area contributed by atoms with E-state index in [1.54, 1.807) is 18.5 Å². The van der Waals surface area contributed by atoms with Gasteiger partial charge in [-0.05, 0) is 35.1 Å². The van der Waals surface area contributed by atoms with Crippen molar-refractivity contribution in [2.75, 3.05) is 5.73 Å². The van der Waals surface area contributed by atoms with Crippen molar-refractivity contribution in [2.24, 2.45) is 0 Å². The number of alkyl halides is 3. The molecule has 1 aromatic carbocycles. The third-order valence-corrected chi connectivity index (χ3v) is 4.56. The van der Waals surface area contributed by atoms with E-state index in [-0.39, 0.29) is 11.3 Å². The second-order valence-electron chi connectivity index (χ2n) is 5.94. The van der Waals surface area contributed by atoms with Gasteiger partial charge in [-0.1, -0.05) is 35.9 Å². The molecule has 26 heavy (non-hydrogen) atoms. The van der Waals surface area contributed by atoms with Crippen LogP contribution in [0.3, 0.4) is 0 Å². The lowest BCUT2D eigenvalue weighted by Crippen LogP contribution is -2.07. The molecule has 4 rings (SSSR count). The fraction of sp³-hybridized carbons (Fsp3) is 0.111. The molecule has 3 heterocycles. The maximum atomic E-state index is 13.1. The number of nitrogens with two attached hydrogens (primary N) is 1. The molecule has 2 N–H and O–H groups in total. The van der Waals surface area contributed by atoms with Crippen LogP contribution in [0.2, 0.25) is 5.02 Å². The number of halogens is 4. The van der Waals surface area contributed by atoms with Crippen LogP contribution in [0, 0.1) is 0 Å². The van der Waals surface area contributed by atoms with E-state index in [4.69, 9.17) is 17.3 Å². The average Bonchev–Trinajstić information content (AvgIpc) is 2.96. The zero-order valence-corrected chi connectivity index (χ0v) is 14.0. The third kappa shape index (κ3) is 2.74. The molecular weight excluding hydrogens is 365 g/mol. The van der Waals surface area contributed by atoms with Gasteiger partial charge in [0, 0.05) is 17.8 Å². The van der Waals surface area contributed by atoms with Gasteiger partial charge in [-0.25, -0.2) is 4.52 Å². The first-order valence-electron chi connectivity index (χ1n) is 7.70. The zero-order valence-electron chi connectivity index (χ0n) is 13.3. The standard InChI is InChI=1S/C18H12ClF3N4/c19-15-16-12(3-4-14(23)26(16)25-17(15)18(20,21)22)8-10-1-2-13-9-24-6-5-11(13)7-10/h1-7,9H,8,23H2.